The molecule has 0 bridgehead atoms. The lowest BCUT2D eigenvalue weighted by Crippen LogP contribution is -2.66. The molecule has 0 aromatic heterocycles. The van der Waals surface area contributed by atoms with E-state index in [-0.39, 0.29) is 38.7 Å². The number of hydrogen-bond acceptors (Lipinski definition) is 8. The van der Waals surface area contributed by atoms with E-state index in [1.807, 2.05) is 31.2 Å². The topological polar surface area (TPSA) is 104 Å². The van der Waals surface area contributed by atoms with E-state index in [0.717, 1.165) is 28.2 Å². The molecule has 2 aliphatic rings. The van der Waals surface area contributed by atoms with Crippen molar-refractivity contribution in [3.63, 3.8) is 0 Å². The van der Waals surface area contributed by atoms with Gasteiger partial charge in [-0.05, 0) is 24.6 Å². The Morgan fingerprint density at radius 1 is 1.05 bits per heavy atom. The van der Waals surface area contributed by atoms with Crippen LogP contribution in [0.5, 0.6) is 11.5 Å². The van der Waals surface area contributed by atoms with E-state index in [9.17, 15) is 22.8 Å². The number of alkyl halides is 3. The molecule has 2 aromatic carbocycles. The van der Waals surface area contributed by atoms with Crippen LogP contribution < -0.4 is 14.8 Å². The first kappa shape index (κ1) is 27.6. The van der Waals surface area contributed by atoms with E-state index in [1.54, 1.807) is 11.9 Å². The second-order valence-corrected chi connectivity index (χ2v) is 8.93. The minimum atomic E-state index is -4.86. The van der Waals surface area contributed by atoms with Gasteiger partial charge in [-0.1, -0.05) is 35.9 Å². The van der Waals surface area contributed by atoms with Crippen molar-refractivity contribution in [3.8, 4) is 11.5 Å². The molecule has 3 unspecified atom stereocenters. The van der Waals surface area contributed by atoms with Gasteiger partial charge in [0.25, 0.3) is 5.91 Å². The van der Waals surface area contributed by atoms with E-state index in [4.69, 9.17) is 14.6 Å². The van der Waals surface area contributed by atoms with Crippen LogP contribution in [0.25, 0.3) is 0 Å². The van der Waals surface area contributed by atoms with Gasteiger partial charge in [-0.25, -0.2) is 15.0 Å². The molecule has 0 spiro atoms. The third kappa shape index (κ3) is 6.35. The molecular weight excluding hydrogens is 509 g/mol. The quantitative estimate of drug-likeness (QED) is 0.444. The summed E-state index contributed by atoms with van der Waals surface area (Å²) in [6, 6.07) is 11.3. The Morgan fingerprint density at radius 3 is 2.45 bits per heavy atom. The second kappa shape index (κ2) is 11.6. The van der Waals surface area contributed by atoms with Gasteiger partial charge in [-0.15, -0.1) is 13.2 Å². The summed E-state index contributed by atoms with van der Waals surface area (Å²) in [5.74, 6) is -0.842. The van der Waals surface area contributed by atoms with Crippen molar-refractivity contribution in [2.75, 3.05) is 33.4 Å². The lowest BCUT2D eigenvalue weighted by molar-refractivity contribution is -0.274. The number of nitrogens with zero attached hydrogens (tertiary/aromatic N) is 3. The summed E-state index contributed by atoms with van der Waals surface area (Å²) in [7, 11) is 1.55. The van der Waals surface area contributed by atoms with Gasteiger partial charge in [0.15, 0.2) is 0 Å². The normalized spacial score (nSPS) is 22.1. The van der Waals surface area contributed by atoms with Crippen LogP contribution >= 0.6 is 0 Å². The number of carbonyl (C=O) groups is 2. The van der Waals surface area contributed by atoms with Gasteiger partial charge in [0, 0.05) is 19.7 Å². The minimum absolute atomic E-state index is 0.00799. The first-order chi connectivity index (χ1) is 18.1. The fourth-order valence-corrected chi connectivity index (χ4v) is 4.41. The maximum absolute atomic E-state index is 13.6. The second-order valence-electron chi connectivity index (χ2n) is 8.93. The molecule has 10 nitrogen and oxygen atoms in total. The molecule has 2 aromatic rings. The summed E-state index contributed by atoms with van der Waals surface area (Å²) in [5.41, 5.74) is 1.92. The predicted molar refractivity (Wildman–Crippen MR) is 128 cm³/mol. The van der Waals surface area contributed by atoms with Crippen molar-refractivity contribution in [2.24, 2.45) is 0 Å². The Kier molecular flexibility index (Phi) is 8.41. The number of fused-ring (bicyclic) bond motifs is 1. The van der Waals surface area contributed by atoms with Gasteiger partial charge in [-0.3, -0.25) is 9.69 Å². The fraction of sp³-hybridized carbons (Fsp3) is 0.440. The molecule has 0 radical (unpaired) electrons. The summed E-state index contributed by atoms with van der Waals surface area (Å²) in [5, 5.41) is 12.0. The summed E-state index contributed by atoms with van der Waals surface area (Å²) in [4.78, 5) is 30.8. The van der Waals surface area contributed by atoms with Crippen molar-refractivity contribution in [3.05, 3.63) is 59.7 Å². The molecule has 13 heteroatoms. The highest BCUT2D eigenvalue weighted by atomic mass is 19.4. The van der Waals surface area contributed by atoms with E-state index in [0.29, 0.717) is 0 Å². The average Bonchev–Trinajstić information content (AvgIpc) is 3.20. The van der Waals surface area contributed by atoms with Gasteiger partial charge in [0.2, 0.25) is 6.35 Å². The standard InChI is InChI=1S/C25H29F3N4O6/c1-16-6-8-17(9-7-16)15-32-20-21(30(2)24(35)31(22(20)34)10-12-36-13-11-33)29-23(32)37-18-4-3-5-19(14-18)38-25(26,27)28/h3-9,14,20-21,23,29,33H,10-13,15H2,1-2H3. The van der Waals surface area contributed by atoms with Crippen molar-refractivity contribution in [2.45, 2.75) is 38.4 Å². The number of nitrogens with one attached hydrogen (secondary N) is 1. The number of rotatable bonds is 10. The summed E-state index contributed by atoms with van der Waals surface area (Å²) < 4.78 is 53.4. The van der Waals surface area contributed by atoms with Crippen LogP contribution in [0.2, 0.25) is 0 Å². The lowest BCUT2D eigenvalue weighted by Gasteiger charge is -2.41. The van der Waals surface area contributed by atoms with Gasteiger partial charge in [0.05, 0.1) is 26.4 Å². The molecule has 4 rings (SSSR count). The monoisotopic (exact) mass is 538 g/mol. The number of urea groups is 1. The SMILES string of the molecule is Cc1ccc(CN2C(Oc3cccc(OC(F)(F)F)c3)NC3C2C(=O)N(CCOCCO)C(=O)N3C)cc1. The zero-order valence-electron chi connectivity index (χ0n) is 20.9. The fourth-order valence-electron chi connectivity index (χ4n) is 4.41. The predicted octanol–water partition coefficient (Wildman–Crippen LogP) is 2.26. The van der Waals surface area contributed by atoms with E-state index in [1.165, 1.54) is 17.0 Å². The Morgan fingerprint density at radius 2 is 1.76 bits per heavy atom. The van der Waals surface area contributed by atoms with E-state index >= 15 is 0 Å². The molecular formula is C25H29F3N4O6. The zero-order valence-corrected chi connectivity index (χ0v) is 20.9. The molecule has 38 heavy (non-hydrogen) atoms. The van der Waals surface area contributed by atoms with Gasteiger partial charge in [0.1, 0.15) is 23.7 Å². The van der Waals surface area contributed by atoms with E-state index in [2.05, 4.69) is 10.1 Å². The Labute approximate surface area is 217 Å². The number of halogens is 3. The molecule has 2 N–H and O–H groups in total. The van der Waals surface area contributed by atoms with Crippen LogP contribution in [0.15, 0.2) is 48.5 Å². The average molecular weight is 539 g/mol. The summed E-state index contributed by atoms with van der Waals surface area (Å²) in [6.45, 7) is 2.13. The molecule has 2 fully saturated rings. The van der Waals surface area contributed by atoms with E-state index < -0.39 is 42.6 Å². The highest BCUT2D eigenvalue weighted by Gasteiger charge is 2.55. The van der Waals surface area contributed by atoms with Crippen LogP contribution in [-0.4, -0.2) is 90.1 Å². The number of hydrogen-bond donors (Lipinski definition) is 2. The van der Waals surface area contributed by atoms with Crippen molar-refractivity contribution < 1.29 is 42.1 Å². The number of likely N-dealkylation sites (N-methyl/N-ethyl adjacent to an activating group) is 1. The molecule has 0 aliphatic carbocycles. The number of carbonyl (C=O) groups excluding carboxylic acids is 2. The minimum Gasteiger partial charge on any atom is -0.462 e. The highest BCUT2D eigenvalue weighted by molar-refractivity contribution is 6.00. The number of benzene rings is 2. The molecule has 206 valence electrons. The van der Waals surface area contributed by atoms with Gasteiger partial charge < -0.3 is 24.2 Å². The van der Waals surface area contributed by atoms with Crippen LogP contribution in [-0.2, 0) is 16.1 Å². The Balaban J connectivity index is 1.61. The number of amides is 3. The Hall–Kier alpha value is -3.39. The van der Waals surface area contributed by atoms with Crippen LogP contribution in [0, 0.1) is 6.92 Å². The number of aryl methyl sites for hydroxylation is 1. The largest absolute Gasteiger partial charge is 0.573 e. The smallest absolute Gasteiger partial charge is 0.462 e. The zero-order chi connectivity index (χ0) is 27.4. The van der Waals surface area contributed by atoms with Crippen LogP contribution in [0.4, 0.5) is 18.0 Å². The summed E-state index contributed by atoms with van der Waals surface area (Å²) in [6.07, 6.45) is -6.58. The maximum atomic E-state index is 13.6. The van der Waals surface area contributed by atoms with Crippen molar-refractivity contribution in [1.82, 2.24) is 20.0 Å². The number of imide groups is 1. The first-order valence-electron chi connectivity index (χ1n) is 11.9. The number of aliphatic hydroxyl groups is 1. The third-order valence-electron chi connectivity index (χ3n) is 6.21. The number of ether oxygens (including phenoxy) is 3. The molecule has 2 heterocycles. The maximum Gasteiger partial charge on any atom is 0.573 e. The first-order valence-corrected chi connectivity index (χ1v) is 11.9. The van der Waals surface area contributed by atoms with Gasteiger partial charge in [-0.2, -0.15) is 0 Å². The molecule has 3 amide bonds. The molecule has 2 saturated heterocycles. The molecule has 3 atom stereocenters. The van der Waals surface area contributed by atoms with Crippen LogP contribution in [0.1, 0.15) is 11.1 Å². The highest BCUT2D eigenvalue weighted by Crippen LogP contribution is 2.32. The molecule has 2 aliphatic heterocycles. The van der Waals surface area contributed by atoms with Crippen molar-refractivity contribution in [1.29, 1.82) is 0 Å². The summed E-state index contributed by atoms with van der Waals surface area (Å²) >= 11 is 0. The molecule has 0 saturated carbocycles. The Bertz CT molecular complexity index is 1130. The van der Waals surface area contributed by atoms with Crippen LogP contribution in [0.3, 0.4) is 0 Å². The van der Waals surface area contributed by atoms with Gasteiger partial charge >= 0.3 is 12.4 Å². The lowest BCUT2D eigenvalue weighted by atomic mass is 10.1. The number of aliphatic hydroxyl groups excluding tert-OH is 1. The van der Waals surface area contributed by atoms with Crippen molar-refractivity contribution >= 4 is 11.9 Å². The third-order valence-corrected chi connectivity index (χ3v) is 6.21.